The van der Waals surface area contributed by atoms with Gasteiger partial charge < -0.3 is 4.84 Å². The summed E-state index contributed by atoms with van der Waals surface area (Å²) in [4.78, 5) is 8.36. The van der Waals surface area contributed by atoms with Crippen molar-refractivity contribution in [1.29, 1.82) is 0 Å². The summed E-state index contributed by atoms with van der Waals surface area (Å²) in [5, 5.41) is 4.71. The Morgan fingerprint density at radius 2 is 1.68 bits per heavy atom. The van der Waals surface area contributed by atoms with Crippen LogP contribution in [-0.2, 0) is 11.4 Å². The molecule has 0 unspecified atom stereocenters. The molecule has 0 atom stereocenters. The highest BCUT2D eigenvalue weighted by Gasteiger charge is 2.48. The largest absolute Gasteiger partial charge is 0.391 e. The number of hydrogen-bond donors (Lipinski definition) is 0. The van der Waals surface area contributed by atoms with Crippen molar-refractivity contribution in [3.8, 4) is 0 Å². The van der Waals surface area contributed by atoms with Gasteiger partial charge in [0.15, 0.2) is 0 Å². The molecule has 3 fully saturated rings. The summed E-state index contributed by atoms with van der Waals surface area (Å²) in [6.45, 7) is 1.68. The van der Waals surface area contributed by atoms with Gasteiger partial charge in [-0.2, -0.15) is 0 Å². The third-order valence-corrected chi connectivity index (χ3v) is 5.91. The molecule has 3 aliphatic rings. The Kier molecular flexibility index (Phi) is 4.58. The van der Waals surface area contributed by atoms with Gasteiger partial charge in [0.25, 0.3) is 0 Å². The number of hydrogen-bond acceptors (Lipinski definition) is 3. The van der Waals surface area contributed by atoms with Crippen molar-refractivity contribution in [2.45, 2.75) is 37.8 Å². The summed E-state index contributed by atoms with van der Waals surface area (Å²) in [6, 6.07) is 20.8. The van der Waals surface area contributed by atoms with Gasteiger partial charge in [-0.1, -0.05) is 65.8 Å². The molecule has 130 valence electrons. The summed E-state index contributed by atoms with van der Waals surface area (Å²) >= 11 is 0. The fourth-order valence-corrected chi connectivity index (χ4v) is 4.45. The Morgan fingerprint density at radius 1 is 1.04 bits per heavy atom. The molecule has 2 bridgehead atoms. The van der Waals surface area contributed by atoms with Gasteiger partial charge in [0, 0.05) is 12.1 Å². The minimum Gasteiger partial charge on any atom is -0.391 e. The van der Waals surface area contributed by atoms with Crippen molar-refractivity contribution in [3.05, 3.63) is 71.8 Å². The van der Waals surface area contributed by atoms with Gasteiger partial charge in [-0.3, -0.25) is 4.90 Å². The zero-order chi connectivity index (χ0) is 17.1. The Labute approximate surface area is 150 Å². The first-order chi connectivity index (χ1) is 12.3. The lowest BCUT2D eigenvalue weighted by atomic mass is 9.67. The molecule has 0 aromatic heterocycles. The number of fused-ring (bicyclic) bond motifs is 3. The molecule has 0 N–H and O–H groups in total. The second-order valence-electron chi connectivity index (χ2n) is 7.42. The molecule has 1 saturated carbocycles. The highest BCUT2D eigenvalue weighted by atomic mass is 16.6. The molecule has 3 heteroatoms. The fourth-order valence-electron chi connectivity index (χ4n) is 4.45. The topological polar surface area (TPSA) is 24.8 Å². The molecule has 2 heterocycles. The first-order valence-corrected chi connectivity index (χ1v) is 9.29. The van der Waals surface area contributed by atoms with Gasteiger partial charge in [-0.15, -0.1) is 0 Å². The zero-order valence-corrected chi connectivity index (χ0v) is 14.9. The highest BCUT2D eigenvalue weighted by Crippen LogP contribution is 2.44. The van der Waals surface area contributed by atoms with E-state index < -0.39 is 0 Å². The van der Waals surface area contributed by atoms with Gasteiger partial charge in [0.1, 0.15) is 12.3 Å². The van der Waals surface area contributed by atoms with Crippen LogP contribution in [0.1, 0.15) is 36.8 Å². The van der Waals surface area contributed by atoms with E-state index in [1.807, 2.05) is 18.2 Å². The highest BCUT2D eigenvalue weighted by molar-refractivity contribution is 6.07. The fraction of sp³-hybridized carbons (Fsp3) is 0.409. The SMILES string of the molecule is CN1CC2CCC1(C(=NOCc1ccccc1)c1ccccc1)CC2. The minimum atomic E-state index is 0.0206. The van der Waals surface area contributed by atoms with E-state index in [2.05, 4.69) is 54.4 Å². The average Bonchev–Trinajstić information content (AvgIpc) is 2.68. The van der Waals surface area contributed by atoms with Gasteiger partial charge in [0.05, 0.1) is 5.54 Å². The normalized spacial score (nSPS) is 26.6. The van der Waals surface area contributed by atoms with Crippen molar-refractivity contribution >= 4 is 5.71 Å². The Hall–Kier alpha value is -2.13. The van der Waals surface area contributed by atoms with Crippen molar-refractivity contribution in [2.24, 2.45) is 11.1 Å². The molecule has 3 nitrogen and oxygen atoms in total. The second kappa shape index (κ2) is 7.01. The van der Waals surface area contributed by atoms with E-state index in [1.165, 1.54) is 37.8 Å². The number of piperidine rings is 2. The van der Waals surface area contributed by atoms with E-state index in [4.69, 9.17) is 9.99 Å². The first kappa shape index (κ1) is 16.3. The van der Waals surface area contributed by atoms with Crippen LogP contribution in [0.2, 0.25) is 0 Å². The average molecular weight is 334 g/mol. The van der Waals surface area contributed by atoms with Crippen LogP contribution in [0.5, 0.6) is 0 Å². The predicted octanol–water partition coefficient (Wildman–Crippen LogP) is 4.48. The maximum absolute atomic E-state index is 5.84. The van der Waals surface area contributed by atoms with Crippen molar-refractivity contribution in [3.63, 3.8) is 0 Å². The maximum Gasteiger partial charge on any atom is 0.142 e. The molecule has 1 aliphatic carbocycles. The Balaban J connectivity index is 1.64. The minimum absolute atomic E-state index is 0.0206. The monoisotopic (exact) mass is 334 g/mol. The predicted molar refractivity (Wildman–Crippen MR) is 102 cm³/mol. The van der Waals surface area contributed by atoms with Gasteiger partial charge in [-0.25, -0.2) is 0 Å². The maximum atomic E-state index is 5.84. The Morgan fingerprint density at radius 3 is 2.32 bits per heavy atom. The van der Waals surface area contributed by atoms with E-state index in [9.17, 15) is 0 Å². The number of nitrogens with zero attached hydrogens (tertiary/aromatic N) is 2. The summed E-state index contributed by atoms with van der Waals surface area (Å²) in [5.41, 5.74) is 3.46. The molecule has 25 heavy (non-hydrogen) atoms. The van der Waals surface area contributed by atoms with Crippen LogP contribution in [0.4, 0.5) is 0 Å². The van der Waals surface area contributed by atoms with E-state index in [1.54, 1.807) is 0 Å². The van der Waals surface area contributed by atoms with Crippen molar-refractivity contribution < 1.29 is 4.84 Å². The number of likely N-dealkylation sites (N-methyl/N-ethyl adjacent to an activating group) is 1. The van der Waals surface area contributed by atoms with Crippen molar-refractivity contribution in [1.82, 2.24) is 4.90 Å². The molecule has 0 amide bonds. The summed E-state index contributed by atoms with van der Waals surface area (Å²) in [7, 11) is 2.25. The zero-order valence-electron chi connectivity index (χ0n) is 14.9. The summed E-state index contributed by atoms with van der Waals surface area (Å²) < 4.78 is 0. The molecule has 2 aromatic rings. The first-order valence-electron chi connectivity index (χ1n) is 9.29. The van der Waals surface area contributed by atoms with E-state index >= 15 is 0 Å². The van der Waals surface area contributed by atoms with Crippen LogP contribution in [-0.4, -0.2) is 29.7 Å². The lowest BCUT2D eigenvalue weighted by molar-refractivity contribution is 0.0277. The third-order valence-electron chi connectivity index (χ3n) is 5.91. The van der Waals surface area contributed by atoms with Crippen LogP contribution in [0, 0.1) is 5.92 Å². The van der Waals surface area contributed by atoms with Crippen LogP contribution < -0.4 is 0 Å². The molecule has 2 aromatic carbocycles. The lowest BCUT2D eigenvalue weighted by Gasteiger charge is -2.53. The van der Waals surface area contributed by atoms with E-state index in [-0.39, 0.29) is 5.54 Å². The summed E-state index contributed by atoms with van der Waals surface area (Å²) in [6.07, 6.45) is 4.96. The molecule has 2 aliphatic heterocycles. The molecule has 0 radical (unpaired) electrons. The van der Waals surface area contributed by atoms with E-state index in [0.29, 0.717) is 6.61 Å². The molecular weight excluding hydrogens is 308 g/mol. The second-order valence-corrected chi connectivity index (χ2v) is 7.42. The summed E-state index contributed by atoms with van der Waals surface area (Å²) in [5.74, 6) is 0.856. The molecule has 0 spiro atoms. The van der Waals surface area contributed by atoms with Crippen LogP contribution in [0.15, 0.2) is 65.8 Å². The number of benzene rings is 2. The molecule has 2 saturated heterocycles. The van der Waals surface area contributed by atoms with Gasteiger partial charge in [0.2, 0.25) is 0 Å². The third kappa shape index (κ3) is 3.21. The van der Waals surface area contributed by atoms with Gasteiger partial charge in [-0.05, 0) is 44.2 Å². The van der Waals surface area contributed by atoms with Crippen molar-refractivity contribution in [2.75, 3.05) is 13.6 Å². The standard InChI is InChI=1S/C22H26N2O/c1-24-16-18-12-14-22(24,15-13-18)21(20-10-6-3-7-11-20)23-25-17-19-8-4-2-5-9-19/h2-11,18H,12-17H2,1H3. The number of rotatable bonds is 5. The quantitative estimate of drug-likeness (QED) is 0.595. The molecule has 5 rings (SSSR count). The number of oxime groups is 1. The molecular formula is C22H26N2O. The Bertz CT molecular complexity index is 718. The lowest BCUT2D eigenvalue weighted by Crippen LogP contribution is -2.61. The van der Waals surface area contributed by atoms with E-state index in [0.717, 1.165) is 17.2 Å². The van der Waals surface area contributed by atoms with Gasteiger partial charge >= 0.3 is 0 Å². The van der Waals surface area contributed by atoms with Crippen LogP contribution in [0.3, 0.4) is 0 Å². The smallest absolute Gasteiger partial charge is 0.142 e. The van der Waals surface area contributed by atoms with Crippen LogP contribution >= 0.6 is 0 Å². The van der Waals surface area contributed by atoms with Crippen LogP contribution in [0.25, 0.3) is 0 Å².